The first-order chi connectivity index (χ1) is 14.6. The predicted octanol–water partition coefficient (Wildman–Crippen LogP) is 4.18. The highest BCUT2D eigenvalue weighted by Crippen LogP contribution is 2.31. The summed E-state index contributed by atoms with van der Waals surface area (Å²) < 4.78 is 0. The van der Waals surface area contributed by atoms with Crippen molar-refractivity contribution in [2.75, 3.05) is 41.3 Å². The number of aromatic nitrogens is 2. The number of carbonyl (C=O) groups excluding carboxylic acids is 1. The van der Waals surface area contributed by atoms with Crippen molar-refractivity contribution in [3.8, 4) is 0 Å². The van der Waals surface area contributed by atoms with Crippen LogP contribution in [0.1, 0.15) is 35.7 Å². The molecule has 30 heavy (non-hydrogen) atoms. The highest BCUT2D eigenvalue weighted by atomic mass is 16.1. The lowest BCUT2D eigenvalue weighted by molar-refractivity contribution is 0.102. The van der Waals surface area contributed by atoms with E-state index in [1.807, 2.05) is 24.4 Å². The number of rotatable bonds is 5. The molecule has 6 heteroatoms. The van der Waals surface area contributed by atoms with Crippen LogP contribution in [-0.2, 0) is 0 Å². The summed E-state index contributed by atoms with van der Waals surface area (Å²) in [7, 11) is 0. The average Bonchev–Trinajstić information content (AvgIpc) is 2.80. The van der Waals surface area contributed by atoms with Gasteiger partial charge in [0, 0.05) is 44.8 Å². The van der Waals surface area contributed by atoms with Crippen LogP contribution >= 0.6 is 0 Å². The Morgan fingerprint density at radius 1 is 0.967 bits per heavy atom. The van der Waals surface area contributed by atoms with Gasteiger partial charge < -0.3 is 15.1 Å². The third kappa shape index (κ3) is 4.43. The molecule has 0 atom stereocenters. The van der Waals surface area contributed by atoms with E-state index in [-0.39, 0.29) is 5.91 Å². The minimum absolute atomic E-state index is 0.145. The van der Waals surface area contributed by atoms with Crippen molar-refractivity contribution >= 4 is 23.1 Å². The number of nitrogens with zero attached hydrogens (tertiary/aromatic N) is 4. The summed E-state index contributed by atoms with van der Waals surface area (Å²) >= 11 is 0. The van der Waals surface area contributed by atoms with Gasteiger partial charge in [0.05, 0.1) is 16.9 Å². The average molecular weight is 402 g/mol. The zero-order valence-electron chi connectivity index (χ0n) is 17.5. The van der Waals surface area contributed by atoms with E-state index in [0.29, 0.717) is 11.5 Å². The molecular weight excluding hydrogens is 374 g/mol. The van der Waals surface area contributed by atoms with E-state index >= 15 is 0 Å². The maximum atomic E-state index is 12.7. The van der Waals surface area contributed by atoms with E-state index in [4.69, 9.17) is 0 Å². The topological polar surface area (TPSA) is 61.4 Å². The molecule has 1 aliphatic rings. The summed E-state index contributed by atoms with van der Waals surface area (Å²) in [5.41, 5.74) is 3.71. The molecule has 6 nitrogen and oxygen atoms in total. The molecule has 1 N–H and O–H groups in total. The summed E-state index contributed by atoms with van der Waals surface area (Å²) in [6, 6.07) is 15.9. The fraction of sp³-hybridized carbons (Fsp3) is 0.292. The lowest BCUT2D eigenvalue weighted by atomic mass is 10.0. The maximum Gasteiger partial charge on any atom is 0.257 e. The number of pyridine rings is 2. The Labute approximate surface area is 177 Å². The summed E-state index contributed by atoms with van der Waals surface area (Å²) in [6.45, 7) is 7.89. The maximum absolute atomic E-state index is 12.7. The first-order valence-corrected chi connectivity index (χ1v) is 10.4. The zero-order chi connectivity index (χ0) is 20.9. The molecule has 0 saturated carbocycles. The molecule has 0 unspecified atom stereocenters. The second-order valence-electron chi connectivity index (χ2n) is 7.79. The SMILES string of the molecule is CC(C)c1ccc(NC(=O)c2cccnc2)c(N2CCN(c3ccccn3)CC2)c1. The van der Waals surface area contributed by atoms with Crippen LogP contribution in [0.4, 0.5) is 17.2 Å². The van der Waals surface area contributed by atoms with Gasteiger partial charge in [-0.05, 0) is 47.9 Å². The van der Waals surface area contributed by atoms with Gasteiger partial charge in [0.15, 0.2) is 0 Å². The van der Waals surface area contributed by atoms with Crippen LogP contribution in [0.3, 0.4) is 0 Å². The van der Waals surface area contributed by atoms with E-state index in [0.717, 1.165) is 43.4 Å². The standard InChI is InChI=1S/C24H27N5O/c1-18(2)19-8-9-21(27-24(30)20-6-5-10-25-17-20)22(16-19)28-12-14-29(15-13-28)23-7-3-4-11-26-23/h3-11,16-18H,12-15H2,1-2H3,(H,27,30). The Hall–Kier alpha value is -3.41. The van der Waals surface area contributed by atoms with Crippen molar-refractivity contribution in [1.82, 2.24) is 9.97 Å². The van der Waals surface area contributed by atoms with E-state index in [9.17, 15) is 4.79 Å². The molecule has 1 fully saturated rings. The van der Waals surface area contributed by atoms with Crippen LogP contribution in [-0.4, -0.2) is 42.1 Å². The van der Waals surface area contributed by atoms with Crippen LogP contribution < -0.4 is 15.1 Å². The molecule has 4 rings (SSSR count). The minimum atomic E-state index is -0.145. The molecule has 2 aromatic heterocycles. The molecule has 3 heterocycles. The van der Waals surface area contributed by atoms with Gasteiger partial charge in [0.2, 0.25) is 0 Å². The molecule has 0 spiro atoms. The summed E-state index contributed by atoms with van der Waals surface area (Å²) in [5, 5.41) is 3.09. The van der Waals surface area contributed by atoms with Gasteiger partial charge in [-0.25, -0.2) is 4.98 Å². The van der Waals surface area contributed by atoms with Crippen molar-refractivity contribution in [3.63, 3.8) is 0 Å². The number of hydrogen-bond donors (Lipinski definition) is 1. The molecule has 1 aromatic carbocycles. The fourth-order valence-corrected chi connectivity index (χ4v) is 3.68. The van der Waals surface area contributed by atoms with Gasteiger partial charge in [-0.2, -0.15) is 0 Å². The summed E-state index contributed by atoms with van der Waals surface area (Å²) in [4.78, 5) is 25.9. The number of nitrogens with one attached hydrogen (secondary N) is 1. The minimum Gasteiger partial charge on any atom is -0.366 e. The van der Waals surface area contributed by atoms with Gasteiger partial charge in [0.1, 0.15) is 5.82 Å². The summed E-state index contributed by atoms with van der Waals surface area (Å²) in [6.07, 6.45) is 5.09. The lowest BCUT2D eigenvalue weighted by Crippen LogP contribution is -2.47. The Morgan fingerprint density at radius 3 is 2.43 bits per heavy atom. The molecule has 154 valence electrons. The monoisotopic (exact) mass is 401 g/mol. The van der Waals surface area contributed by atoms with Gasteiger partial charge in [-0.3, -0.25) is 9.78 Å². The highest BCUT2D eigenvalue weighted by molar-refractivity contribution is 6.05. The predicted molar refractivity (Wildman–Crippen MR) is 121 cm³/mol. The first kappa shape index (κ1) is 19.9. The third-order valence-corrected chi connectivity index (χ3v) is 5.45. The number of anilines is 3. The van der Waals surface area contributed by atoms with Gasteiger partial charge in [-0.1, -0.05) is 26.0 Å². The van der Waals surface area contributed by atoms with Crippen LogP contribution in [0.5, 0.6) is 0 Å². The van der Waals surface area contributed by atoms with E-state index in [1.165, 1.54) is 5.56 Å². The third-order valence-electron chi connectivity index (χ3n) is 5.45. The molecule has 1 saturated heterocycles. The van der Waals surface area contributed by atoms with Crippen LogP contribution in [0.15, 0.2) is 67.1 Å². The molecule has 1 amide bonds. The molecular formula is C24H27N5O. The number of benzene rings is 1. The van der Waals surface area contributed by atoms with Crippen LogP contribution in [0.25, 0.3) is 0 Å². The smallest absolute Gasteiger partial charge is 0.257 e. The Balaban J connectivity index is 1.55. The zero-order valence-corrected chi connectivity index (χ0v) is 17.5. The highest BCUT2D eigenvalue weighted by Gasteiger charge is 2.22. The van der Waals surface area contributed by atoms with Gasteiger partial charge >= 0.3 is 0 Å². The van der Waals surface area contributed by atoms with Crippen molar-refractivity contribution in [2.24, 2.45) is 0 Å². The number of piperazine rings is 1. The Morgan fingerprint density at radius 2 is 1.77 bits per heavy atom. The Bertz CT molecular complexity index is 983. The molecule has 3 aromatic rings. The first-order valence-electron chi connectivity index (χ1n) is 10.4. The van der Waals surface area contributed by atoms with Crippen LogP contribution in [0, 0.1) is 0 Å². The normalized spacial score (nSPS) is 14.1. The lowest BCUT2D eigenvalue weighted by Gasteiger charge is -2.37. The fourth-order valence-electron chi connectivity index (χ4n) is 3.68. The van der Waals surface area contributed by atoms with E-state index in [1.54, 1.807) is 24.5 Å². The second-order valence-corrected chi connectivity index (χ2v) is 7.79. The molecule has 0 aliphatic carbocycles. The van der Waals surface area contributed by atoms with Gasteiger partial charge in [0.25, 0.3) is 5.91 Å². The van der Waals surface area contributed by atoms with E-state index < -0.39 is 0 Å². The van der Waals surface area contributed by atoms with E-state index in [2.05, 4.69) is 57.1 Å². The number of hydrogen-bond acceptors (Lipinski definition) is 5. The number of amides is 1. The quantitative estimate of drug-likeness (QED) is 0.695. The summed E-state index contributed by atoms with van der Waals surface area (Å²) in [5.74, 6) is 1.29. The van der Waals surface area contributed by atoms with Crippen molar-refractivity contribution < 1.29 is 4.79 Å². The van der Waals surface area contributed by atoms with Crippen molar-refractivity contribution in [3.05, 3.63) is 78.2 Å². The largest absolute Gasteiger partial charge is 0.366 e. The van der Waals surface area contributed by atoms with Crippen molar-refractivity contribution in [1.29, 1.82) is 0 Å². The van der Waals surface area contributed by atoms with Crippen LogP contribution in [0.2, 0.25) is 0 Å². The molecule has 0 bridgehead atoms. The molecule has 0 radical (unpaired) electrons. The second kappa shape index (κ2) is 8.95. The number of carbonyl (C=O) groups is 1. The van der Waals surface area contributed by atoms with Gasteiger partial charge in [-0.15, -0.1) is 0 Å². The van der Waals surface area contributed by atoms with Crippen molar-refractivity contribution in [2.45, 2.75) is 19.8 Å². The Kier molecular flexibility index (Phi) is 5.93. The molecule has 1 aliphatic heterocycles.